The van der Waals surface area contributed by atoms with E-state index in [9.17, 15) is 4.79 Å². The lowest BCUT2D eigenvalue weighted by atomic mass is 10.0. The quantitative estimate of drug-likeness (QED) is 0.798. The Balaban J connectivity index is 2.89. The molecule has 0 aliphatic rings. The van der Waals surface area contributed by atoms with E-state index in [0.717, 1.165) is 6.42 Å². The van der Waals surface area contributed by atoms with Crippen LogP contribution < -0.4 is 10.1 Å². The highest BCUT2D eigenvalue weighted by atomic mass is 16.5. The number of nitrogens with zero attached hydrogens (tertiary/aromatic N) is 1. The molecule has 1 atom stereocenters. The molecule has 0 aromatic heterocycles. The number of benzene rings is 1. The third kappa shape index (κ3) is 4.47. The summed E-state index contributed by atoms with van der Waals surface area (Å²) in [5.41, 5.74) is 0.0820. The zero-order valence-corrected chi connectivity index (χ0v) is 13.7. The van der Waals surface area contributed by atoms with Crippen LogP contribution in [-0.2, 0) is 9.53 Å². The summed E-state index contributed by atoms with van der Waals surface area (Å²) in [6.07, 6.45) is 1.42. The second kappa shape index (κ2) is 8.40. The minimum atomic E-state index is -0.874. The molecule has 0 saturated heterocycles. The fourth-order valence-corrected chi connectivity index (χ4v) is 1.90. The Hall–Kier alpha value is -2.06. The van der Waals surface area contributed by atoms with Crippen LogP contribution in [0.2, 0.25) is 0 Å². The highest BCUT2D eigenvalue weighted by molar-refractivity contribution is 5.97. The molecule has 0 saturated carbocycles. The SMILES string of the molecule is CCCO[C@@](C)(CC)C(=O)Nc1ccc(OCC)c(C#N)c1. The van der Waals surface area contributed by atoms with Gasteiger partial charge < -0.3 is 14.8 Å². The molecule has 0 aliphatic carbocycles. The number of rotatable bonds is 8. The molecule has 0 fully saturated rings. The Morgan fingerprint density at radius 3 is 2.64 bits per heavy atom. The monoisotopic (exact) mass is 304 g/mol. The molecule has 1 aromatic rings. The predicted octanol–water partition coefficient (Wildman–Crippen LogP) is 3.49. The number of ether oxygens (including phenoxy) is 2. The van der Waals surface area contributed by atoms with Gasteiger partial charge in [0.15, 0.2) is 0 Å². The molecule has 5 heteroatoms. The first kappa shape index (κ1) is 18.0. The van der Waals surface area contributed by atoms with E-state index in [2.05, 4.69) is 11.4 Å². The summed E-state index contributed by atoms with van der Waals surface area (Å²) in [6, 6.07) is 7.09. The number of nitriles is 1. The van der Waals surface area contributed by atoms with Gasteiger partial charge >= 0.3 is 0 Å². The molecule has 22 heavy (non-hydrogen) atoms. The minimum Gasteiger partial charge on any atom is -0.492 e. The van der Waals surface area contributed by atoms with E-state index >= 15 is 0 Å². The lowest BCUT2D eigenvalue weighted by Crippen LogP contribution is -2.42. The maximum atomic E-state index is 12.4. The molecule has 0 spiro atoms. The molecular weight excluding hydrogens is 280 g/mol. The normalized spacial score (nSPS) is 13.0. The number of hydrogen-bond donors (Lipinski definition) is 1. The van der Waals surface area contributed by atoms with Crippen LogP contribution in [0, 0.1) is 11.3 Å². The van der Waals surface area contributed by atoms with Gasteiger partial charge in [0.2, 0.25) is 0 Å². The third-order valence-corrected chi connectivity index (χ3v) is 3.44. The molecular formula is C17H24N2O3. The van der Waals surface area contributed by atoms with Crippen LogP contribution in [0.15, 0.2) is 18.2 Å². The van der Waals surface area contributed by atoms with Crippen molar-refractivity contribution in [2.45, 2.75) is 46.1 Å². The fourth-order valence-electron chi connectivity index (χ4n) is 1.90. The summed E-state index contributed by atoms with van der Waals surface area (Å²) in [4.78, 5) is 12.4. The Kier molecular flexibility index (Phi) is 6.87. The molecule has 120 valence electrons. The molecule has 0 bridgehead atoms. The van der Waals surface area contributed by atoms with Crippen molar-refractivity contribution < 1.29 is 14.3 Å². The minimum absolute atomic E-state index is 0.212. The lowest BCUT2D eigenvalue weighted by molar-refractivity contribution is -0.139. The average molecular weight is 304 g/mol. The van der Waals surface area contributed by atoms with E-state index in [-0.39, 0.29) is 5.91 Å². The van der Waals surface area contributed by atoms with Gasteiger partial charge in [0.05, 0.1) is 12.2 Å². The topological polar surface area (TPSA) is 71.3 Å². The van der Waals surface area contributed by atoms with Gasteiger partial charge in [-0.3, -0.25) is 4.79 Å². The number of anilines is 1. The first-order chi connectivity index (χ1) is 10.5. The van der Waals surface area contributed by atoms with E-state index in [1.165, 1.54) is 0 Å². The number of amides is 1. The fraction of sp³-hybridized carbons (Fsp3) is 0.529. The van der Waals surface area contributed by atoms with E-state index < -0.39 is 5.60 Å². The van der Waals surface area contributed by atoms with E-state index in [1.54, 1.807) is 25.1 Å². The van der Waals surface area contributed by atoms with Crippen LogP contribution in [-0.4, -0.2) is 24.7 Å². The van der Waals surface area contributed by atoms with Crippen molar-refractivity contribution in [3.63, 3.8) is 0 Å². The summed E-state index contributed by atoms with van der Waals surface area (Å²) < 4.78 is 11.0. The van der Waals surface area contributed by atoms with Crippen LogP contribution in [0.1, 0.15) is 46.1 Å². The number of carbonyl (C=O) groups is 1. The van der Waals surface area contributed by atoms with Gasteiger partial charge in [-0.2, -0.15) is 5.26 Å². The zero-order chi connectivity index (χ0) is 16.6. The highest BCUT2D eigenvalue weighted by Crippen LogP contribution is 2.24. The van der Waals surface area contributed by atoms with Gasteiger partial charge in [0, 0.05) is 12.3 Å². The van der Waals surface area contributed by atoms with Crippen molar-refractivity contribution >= 4 is 11.6 Å². The third-order valence-electron chi connectivity index (χ3n) is 3.44. The smallest absolute Gasteiger partial charge is 0.256 e. The van der Waals surface area contributed by atoms with Crippen molar-refractivity contribution in [3.8, 4) is 11.8 Å². The van der Waals surface area contributed by atoms with Crippen molar-refractivity contribution in [3.05, 3.63) is 23.8 Å². The standard InChI is InChI=1S/C17H24N2O3/c1-5-10-22-17(4,6-2)16(20)19-14-8-9-15(21-7-3)13(11-14)12-18/h8-9,11H,5-7,10H2,1-4H3,(H,19,20)/t17-/m0/s1. The molecule has 1 aromatic carbocycles. The van der Waals surface area contributed by atoms with Crippen LogP contribution in [0.3, 0.4) is 0 Å². The molecule has 0 aliphatic heterocycles. The van der Waals surface area contributed by atoms with Gasteiger partial charge in [0.25, 0.3) is 5.91 Å². The van der Waals surface area contributed by atoms with E-state index in [4.69, 9.17) is 14.7 Å². The maximum Gasteiger partial charge on any atom is 0.256 e. The predicted molar refractivity (Wildman–Crippen MR) is 85.9 cm³/mol. The maximum absolute atomic E-state index is 12.4. The number of nitrogens with one attached hydrogen (secondary N) is 1. The van der Waals surface area contributed by atoms with Gasteiger partial charge in [-0.25, -0.2) is 0 Å². The van der Waals surface area contributed by atoms with Gasteiger partial charge in [-0.1, -0.05) is 13.8 Å². The average Bonchev–Trinajstić information content (AvgIpc) is 2.54. The molecule has 1 N–H and O–H groups in total. The Labute approximate surface area is 132 Å². The first-order valence-corrected chi connectivity index (χ1v) is 7.63. The van der Waals surface area contributed by atoms with Gasteiger partial charge in [-0.05, 0) is 44.9 Å². The zero-order valence-electron chi connectivity index (χ0n) is 13.7. The summed E-state index contributed by atoms with van der Waals surface area (Å²) in [7, 11) is 0. The van der Waals surface area contributed by atoms with Crippen molar-refractivity contribution in [2.75, 3.05) is 18.5 Å². The van der Waals surface area contributed by atoms with Crippen LogP contribution in [0.4, 0.5) is 5.69 Å². The van der Waals surface area contributed by atoms with E-state index in [1.807, 2.05) is 20.8 Å². The summed E-state index contributed by atoms with van der Waals surface area (Å²) in [5, 5.41) is 12.0. The number of hydrogen-bond acceptors (Lipinski definition) is 4. The van der Waals surface area contributed by atoms with Crippen LogP contribution in [0.25, 0.3) is 0 Å². The van der Waals surface area contributed by atoms with Gasteiger partial charge in [0.1, 0.15) is 17.4 Å². The van der Waals surface area contributed by atoms with Crippen LogP contribution in [0.5, 0.6) is 5.75 Å². The van der Waals surface area contributed by atoms with Crippen molar-refractivity contribution in [1.82, 2.24) is 0 Å². The van der Waals surface area contributed by atoms with E-state index in [0.29, 0.717) is 36.6 Å². The van der Waals surface area contributed by atoms with Crippen LogP contribution >= 0.6 is 0 Å². The molecule has 1 amide bonds. The lowest BCUT2D eigenvalue weighted by Gasteiger charge is -2.27. The second-order valence-electron chi connectivity index (χ2n) is 5.14. The summed E-state index contributed by atoms with van der Waals surface area (Å²) in [5.74, 6) is 0.306. The number of carbonyl (C=O) groups excluding carboxylic acids is 1. The molecule has 0 radical (unpaired) electrons. The largest absolute Gasteiger partial charge is 0.492 e. The summed E-state index contributed by atoms with van der Waals surface area (Å²) >= 11 is 0. The molecule has 0 heterocycles. The first-order valence-electron chi connectivity index (χ1n) is 7.63. The molecule has 0 unspecified atom stereocenters. The second-order valence-corrected chi connectivity index (χ2v) is 5.14. The highest BCUT2D eigenvalue weighted by Gasteiger charge is 2.32. The molecule has 1 rings (SSSR count). The summed E-state index contributed by atoms with van der Waals surface area (Å²) in [6.45, 7) is 8.56. The Bertz CT molecular complexity index is 551. The Morgan fingerprint density at radius 2 is 2.09 bits per heavy atom. The van der Waals surface area contributed by atoms with Gasteiger partial charge in [-0.15, -0.1) is 0 Å². The Morgan fingerprint density at radius 1 is 1.36 bits per heavy atom. The molecule has 5 nitrogen and oxygen atoms in total. The van der Waals surface area contributed by atoms with Crippen molar-refractivity contribution in [2.24, 2.45) is 0 Å². The van der Waals surface area contributed by atoms with Crippen molar-refractivity contribution in [1.29, 1.82) is 5.26 Å².